The van der Waals surface area contributed by atoms with Crippen molar-refractivity contribution in [1.82, 2.24) is 9.97 Å². The number of fused-ring (bicyclic) bond motifs is 1. The molecule has 0 aliphatic carbocycles. The van der Waals surface area contributed by atoms with Gasteiger partial charge in [0.05, 0.1) is 11.0 Å². The first-order chi connectivity index (χ1) is 9.19. The van der Waals surface area contributed by atoms with Crippen molar-refractivity contribution in [3.05, 3.63) is 64.0 Å². The summed E-state index contributed by atoms with van der Waals surface area (Å²) < 4.78 is 0. The molecule has 4 heteroatoms. The van der Waals surface area contributed by atoms with Crippen molar-refractivity contribution in [2.45, 2.75) is 0 Å². The van der Waals surface area contributed by atoms with Gasteiger partial charge in [-0.2, -0.15) is 0 Å². The molecule has 0 aliphatic heterocycles. The number of imidazole rings is 1. The van der Waals surface area contributed by atoms with Gasteiger partial charge in [-0.15, -0.1) is 0 Å². The molecule has 0 atom stereocenters. The summed E-state index contributed by atoms with van der Waals surface area (Å²) in [6.07, 6.45) is 1.77. The Bertz CT molecular complexity index is 830. The van der Waals surface area contributed by atoms with Crippen LogP contribution in [0.15, 0.2) is 47.8 Å². The van der Waals surface area contributed by atoms with Crippen LogP contribution in [0.3, 0.4) is 0 Å². The predicted octanol–water partition coefficient (Wildman–Crippen LogP) is 3.82. The second kappa shape index (κ2) is 4.44. The lowest BCUT2D eigenvalue weighted by molar-refractivity contribution is 1.22. The maximum absolute atomic E-state index is 11.3. The third-order valence-corrected chi connectivity index (χ3v) is 3.39. The molecule has 0 bridgehead atoms. The summed E-state index contributed by atoms with van der Waals surface area (Å²) in [5.74, 6) is 0. The first kappa shape index (κ1) is 11.8. The number of aromatic nitrogens is 2. The second-order valence-corrected chi connectivity index (χ2v) is 4.65. The van der Waals surface area contributed by atoms with Crippen molar-refractivity contribution in [3.63, 3.8) is 0 Å². The predicted molar refractivity (Wildman–Crippen MR) is 79.5 cm³/mol. The van der Waals surface area contributed by atoms with Gasteiger partial charge in [-0.25, -0.2) is 4.79 Å². The third kappa shape index (κ3) is 1.98. The first-order valence-corrected chi connectivity index (χ1v) is 6.20. The molecule has 0 radical (unpaired) electrons. The summed E-state index contributed by atoms with van der Waals surface area (Å²) >= 11 is 6.27. The van der Waals surface area contributed by atoms with E-state index in [1.807, 2.05) is 36.4 Å². The average molecular weight is 271 g/mol. The molecule has 2 aromatic carbocycles. The minimum atomic E-state index is -0.213. The summed E-state index contributed by atoms with van der Waals surface area (Å²) in [5.41, 5.74) is 4.16. The molecule has 1 aromatic heterocycles. The van der Waals surface area contributed by atoms with Crippen LogP contribution in [0.25, 0.3) is 28.2 Å². The van der Waals surface area contributed by atoms with Crippen molar-refractivity contribution in [2.24, 2.45) is 0 Å². The molecular formula is C15H11ClN2O. The zero-order valence-electron chi connectivity index (χ0n) is 10.0. The maximum Gasteiger partial charge on any atom is 0.323 e. The van der Waals surface area contributed by atoms with Gasteiger partial charge in [-0.3, -0.25) is 0 Å². The minimum Gasteiger partial charge on any atom is -0.306 e. The van der Waals surface area contributed by atoms with Crippen LogP contribution in [0, 0.1) is 0 Å². The third-order valence-electron chi connectivity index (χ3n) is 3.07. The Kier molecular flexibility index (Phi) is 2.76. The molecule has 0 saturated heterocycles. The fraction of sp³-hybridized carbons (Fsp3) is 0. The second-order valence-electron chi connectivity index (χ2n) is 4.25. The van der Waals surface area contributed by atoms with Gasteiger partial charge in [0.15, 0.2) is 0 Å². The van der Waals surface area contributed by atoms with Crippen molar-refractivity contribution >= 4 is 28.7 Å². The van der Waals surface area contributed by atoms with Crippen molar-refractivity contribution in [2.75, 3.05) is 0 Å². The highest BCUT2D eigenvalue weighted by Crippen LogP contribution is 2.33. The molecule has 1 heterocycles. The number of nitrogens with one attached hydrogen (secondary N) is 2. The summed E-state index contributed by atoms with van der Waals surface area (Å²) in [7, 11) is 0. The van der Waals surface area contributed by atoms with E-state index in [9.17, 15) is 4.79 Å². The maximum atomic E-state index is 11.3. The lowest BCUT2D eigenvalue weighted by Crippen LogP contribution is -1.99. The molecule has 94 valence electrons. The molecule has 3 rings (SSSR count). The van der Waals surface area contributed by atoms with Crippen LogP contribution >= 0.6 is 11.6 Å². The monoisotopic (exact) mass is 270 g/mol. The molecule has 0 spiro atoms. The van der Waals surface area contributed by atoms with E-state index in [0.717, 1.165) is 27.7 Å². The van der Waals surface area contributed by atoms with Crippen LogP contribution in [-0.2, 0) is 0 Å². The largest absolute Gasteiger partial charge is 0.323 e. The van der Waals surface area contributed by atoms with Gasteiger partial charge in [0.2, 0.25) is 0 Å². The van der Waals surface area contributed by atoms with Gasteiger partial charge in [0, 0.05) is 10.6 Å². The van der Waals surface area contributed by atoms with Gasteiger partial charge < -0.3 is 9.97 Å². The van der Waals surface area contributed by atoms with Crippen molar-refractivity contribution < 1.29 is 0 Å². The lowest BCUT2D eigenvalue weighted by atomic mass is 9.99. The van der Waals surface area contributed by atoms with E-state index < -0.39 is 0 Å². The Morgan fingerprint density at radius 2 is 1.89 bits per heavy atom. The zero-order valence-corrected chi connectivity index (χ0v) is 10.8. The number of hydrogen-bond acceptors (Lipinski definition) is 1. The Hall–Kier alpha value is -2.26. The van der Waals surface area contributed by atoms with Crippen LogP contribution in [0.5, 0.6) is 0 Å². The molecule has 3 nitrogen and oxygen atoms in total. The zero-order chi connectivity index (χ0) is 13.4. The van der Waals surface area contributed by atoms with Crippen LogP contribution in [-0.4, -0.2) is 9.97 Å². The summed E-state index contributed by atoms with van der Waals surface area (Å²) in [6, 6.07) is 11.4. The molecule has 0 amide bonds. The number of aromatic amines is 2. The Balaban J connectivity index is 2.29. The smallest absolute Gasteiger partial charge is 0.306 e. The van der Waals surface area contributed by atoms with Crippen LogP contribution < -0.4 is 5.69 Å². The number of hydrogen-bond donors (Lipinski definition) is 2. The molecule has 19 heavy (non-hydrogen) atoms. The number of H-pyrrole nitrogens is 2. The highest BCUT2D eigenvalue weighted by Gasteiger charge is 2.09. The molecular weight excluding hydrogens is 260 g/mol. The van der Waals surface area contributed by atoms with E-state index in [1.165, 1.54) is 0 Å². The number of benzene rings is 2. The molecule has 0 aliphatic rings. The molecule has 0 unspecified atom stereocenters. The Morgan fingerprint density at radius 1 is 1.11 bits per heavy atom. The van der Waals surface area contributed by atoms with Crippen molar-refractivity contribution in [1.29, 1.82) is 0 Å². The highest BCUT2D eigenvalue weighted by atomic mass is 35.5. The van der Waals surface area contributed by atoms with Crippen LogP contribution in [0.1, 0.15) is 5.56 Å². The lowest BCUT2D eigenvalue weighted by Gasteiger charge is -2.08. The van der Waals surface area contributed by atoms with Crippen LogP contribution in [0.4, 0.5) is 0 Å². The topological polar surface area (TPSA) is 48.6 Å². The normalized spacial score (nSPS) is 10.8. The van der Waals surface area contributed by atoms with Gasteiger partial charge in [-0.1, -0.05) is 42.5 Å². The summed E-state index contributed by atoms with van der Waals surface area (Å²) in [5, 5.41) is 0.662. The van der Waals surface area contributed by atoms with Gasteiger partial charge in [0.25, 0.3) is 0 Å². The van der Waals surface area contributed by atoms with E-state index in [2.05, 4.69) is 16.5 Å². The summed E-state index contributed by atoms with van der Waals surface area (Å²) in [4.78, 5) is 16.7. The molecule has 3 aromatic rings. The summed E-state index contributed by atoms with van der Waals surface area (Å²) in [6.45, 7) is 3.80. The van der Waals surface area contributed by atoms with Crippen LogP contribution in [0.2, 0.25) is 5.02 Å². The minimum absolute atomic E-state index is 0.213. The fourth-order valence-corrected chi connectivity index (χ4v) is 2.49. The Labute approximate surface area is 114 Å². The SMILES string of the molecule is C=Cc1cccc(Cl)c1-c1ccc2[nH]c(=O)[nH]c2c1. The average Bonchev–Trinajstić information content (AvgIpc) is 2.77. The Morgan fingerprint density at radius 3 is 2.68 bits per heavy atom. The van der Waals surface area contributed by atoms with E-state index in [4.69, 9.17) is 11.6 Å². The van der Waals surface area contributed by atoms with E-state index in [1.54, 1.807) is 6.08 Å². The van der Waals surface area contributed by atoms with E-state index in [-0.39, 0.29) is 5.69 Å². The molecule has 2 N–H and O–H groups in total. The van der Waals surface area contributed by atoms with Gasteiger partial charge in [-0.05, 0) is 29.3 Å². The molecule has 0 saturated carbocycles. The quantitative estimate of drug-likeness (QED) is 0.731. The molecule has 0 fully saturated rings. The fourth-order valence-electron chi connectivity index (χ4n) is 2.20. The van der Waals surface area contributed by atoms with Gasteiger partial charge >= 0.3 is 5.69 Å². The standard InChI is InChI=1S/C15H11ClN2O/c1-2-9-4-3-5-11(16)14(9)10-6-7-12-13(8-10)18-15(19)17-12/h2-8H,1H2,(H2,17,18,19). The van der Waals surface area contributed by atoms with Crippen molar-refractivity contribution in [3.8, 4) is 11.1 Å². The van der Waals surface area contributed by atoms with E-state index >= 15 is 0 Å². The van der Waals surface area contributed by atoms with Gasteiger partial charge in [0.1, 0.15) is 0 Å². The number of rotatable bonds is 2. The highest BCUT2D eigenvalue weighted by molar-refractivity contribution is 6.33. The van der Waals surface area contributed by atoms with E-state index in [0.29, 0.717) is 5.02 Å². The number of halogens is 1. The first-order valence-electron chi connectivity index (χ1n) is 5.82.